The quantitative estimate of drug-likeness (QED) is 0.681. The van der Waals surface area contributed by atoms with E-state index in [9.17, 15) is 14.7 Å². The van der Waals surface area contributed by atoms with E-state index in [1.165, 1.54) is 6.07 Å². The number of rotatable bonds is 5. The van der Waals surface area contributed by atoms with Crippen LogP contribution in [0.5, 0.6) is 0 Å². The molecule has 0 fully saturated rings. The molecular weight excluding hydrogens is 406 g/mol. The number of amides is 2. The zero-order chi connectivity index (χ0) is 16.2. The summed E-state index contributed by atoms with van der Waals surface area (Å²) in [5.74, 6) is -1.12. The molecule has 2 amide bonds. The molecule has 1 unspecified atom stereocenters. The molecule has 8 heteroatoms. The maximum atomic E-state index is 12.0. The summed E-state index contributed by atoms with van der Waals surface area (Å²) < 4.78 is 1.10. The molecule has 0 aromatic heterocycles. The lowest BCUT2D eigenvalue weighted by molar-refractivity contribution is 0.0698. The SMILES string of the molecule is CC(CN(C)C)NC(=O)Nc1c(Br)cc(Br)cc1C(=O)O. The number of benzene rings is 1. The number of halogens is 2. The van der Waals surface area contributed by atoms with E-state index in [1.54, 1.807) is 6.07 Å². The van der Waals surface area contributed by atoms with Gasteiger partial charge in [0.15, 0.2) is 0 Å². The van der Waals surface area contributed by atoms with E-state index in [4.69, 9.17) is 0 Å². The van der Waals surface area contributed by atoms with Gasteiger partial charge in [-0.1, -0.05) is 15.9 Å². The number of carbonyl (C=O) groups is 2. The summed E-state index contributed by atoms with van der Waals surface area (Å²) in [6.07, 6.45) is 0. The van der Waals surface area contributed by atoms with Crippen LogP contribution in [0.15, 0.2) is 21.1 Å². The number of nitrogens with zero attached hydrogens (tertiary/aromatic N) is 1. The fraction of sp³-hybridized carbons (Fsp3) is 0.385. The molecule has 6 nitrogen and oxygen atoms in total. The number of urea groups is 1. The summed E-state index contributed by atoms with van der Waals surface area (Å²) in [5.41, 5.74) is 0.229. The number of hydrogen-bond acceptors (Lipinski definition) is 3. The Labute approximate surface area is 140 Å². The van der Waals surface area contributed by atoms with Crippen molar-refractivity contribution in [3.8, 4) is 0 Å². The number of anilines is 1. The van der Waals surface area contributed by atoms with Crippen LogP contribution in [0.3, 0.4) is 0 Å². The summed E-state index contributed by atoms with van der Waals surface area (Å²) in [5, 5.41) is 14.5. The van der Waals surface area contributed by atoms with Crippen LogP contribution >= 0.6 is 31.9 Å². The predicted molar refractivity (Wildman–Crippen MR) is 89.0 cm³/mol. The van der Waals surface area contributed by atoms with Gasteiger partial charge in [-0.05, 0) is 49.1 Å². The molecule has 116 valence electrons. The Morgan fingerprint density at radius 1 is 1.33 bits per heavy atom. The Kier molecular flexibility index (Phi) is 6.63. The van der Waals surface area contributed by atoms with Crippen LogP contribution in [-0.2, 0) is 0 Å². The summed E-state index contributed by atoms with van der Waals surface area (Å²) in [6, 6.07) is 2.59. The van der Waals surface area contributed by atoms with Gasteiger partial charge in [0.1, 0.15) is 0 Å². The first-order valence-electron chi connectivity index (χ1n) is 6.15. The monoisotopic (exact) mass is 421 g/mol. The minimum atomic E-state index is -1.12. The second-order valence-corrected chi connectivity index (χ2v) is 6.65. The van der Waals surface area contributed by atoms with Gasteiger partial charge >= 0.3 is 12.0 Å². The van der Waals surface area contributed by atoms with Crippen molar-refractivity contribution in [3.05, 3.63) is 26.6 Å². The zero-order valence-electron chi connectivity index (χ0n) is 11.9. The zero-order valence-corrected chi connectivity index (χ0v) is 15.1. The Balaban J connectivity index is 2.87. The number of carboxylic acid groups (broad SMARTS) is 1. The predicted octanol–water partition coefficient (Wildman–Crippen LogP) is 2.98. The molecule has 1 rings (SSSR count). The first kappa shape index (κ1) is 17.9. The number of aromatic carboxylic acids is 1. The molecule has 0 radical (unpaired) electrons. The first-order chi connectivity index (χ1) is 9.70. The van der Waals surface area contributed by atoms with E-state index in [-0.39, 0.29) is 17.3 Å². The molecular formula is C13H17Br2N3O3. The number of nitrogens with one attached hydrogen (secondary N) is 2. The highest BCUT2D eigenvalue weighted by Crippen LogP contribution is 2.30. The molecule has 3 N–H and O–H groups in total. The van der Waals surface area contributed by atoms with Crippen molar-refractivity contribution >= 4 is 49.5 Å². The third-order valence-electron chi connectivity index (χ3n) is 2.54. The Morgan fingerprint density at radius 3 is 2.48 bits per heavy atom. The lowest BCUT2D eigenvalue weighted by atomic mass is 10.2. The summed E-state index contributed by atoms with van der Waals surface area (Å²) in [4.78, 5) is 25.2. The summed E-state index contributed by atoms with van der Waals surface area (Å²) in [6.45, 7) is 2.55. The van der Waals surface area contributed by atoms with Crippen LogP contribution < -0.4 is 10.6 Å². The second-order valence-electron chi connectivity index (χ2n) is 4.88. The van der Waals surface area contributed by atoms with Crippen molar-refractivity contribution in [1.82, 2.24) is 10.2 Å². The van der Waals surface area contributed by atoms with Gasteiger partial charge < -0.3 is 20.6 Å². The number of carbonyl (C=O) groups excluding carboxylic acids is 1. The molecule has 21 heavy (non-hydrogen) atoms. The third-order valence-corrected chi connectivity index (χ3v) is 3.62. The normalized spacial score (nSPS) is 12.1. The van der Waals surface area contributed by atoms with Gasteiger partial charge in [-0.3, -0.25) is 0 Å². The average molecular weight is 423 g/mol. The van der Waals surface area contributed by atoms with Crippen molar-refractivity contribution in [1.29, 1.82) is 0 Å². The van der Waals surface area contributed by atoms with Gasteiger partial charge in [0.05, 0.1) is 11.3 Å². The van der Waals surface area contributed by atoms with Crippen molar-refractivity contribution in [2.45, 2.75) is 13.0 Å². The van der Waals surface area contributed by atoms with E-state index >= 15 is 0 Å². The van der Waals surface area contributed by atoms with Crippen LogP contribution in [0.4, 0.5) is 10.5 Å². The van der Waals surface area contributed by atoms with E-state index in [2.05, 4.69) is 42.5 Å². The molecule has 1 aromatic carbocycles. The van der Waals surface area contributed by atoms with Gasteiger partial charge in [-0.2, -0.15) is 0 Å². The molecule has 0 heterocycles. The lowest BCUT2D eigenvalue weighted by Crippen LogP contribution is -2.41. The molecule has 0 saturated carbocycles. The lowest BCUT2D eigenvalue weighted by Gasteiger charge is -2.19. The average Bonchev–Trinajstić information content (AvgIpc) is 2.30. The van der Waals surface area contributed by atoms with Crippen LogP contribution in [-0.4, -0.2) is 48.7 Å². The Hall–Kier alpha value is -1.12. The number of carboxylic acids is 1. The second kappa shape index (κ2) is 7.77. The Bertz CT molecular complexity index is 550. The largest absolute Gasteiger partial charge is 0.478 e. The maximum absolute atomic E-state index is 12.0. The summed E-state index contributed by atoms with van der Waals surface area (Å²) >= 11 is 6.48. The van der Waals surface area contributed by atoms with Crippen LogP contribution in [0.25, 0.3) is 0 Å². The highest BCUT2D eigenvalue weighted by Gasteiger charge is 2.17. The molecule has 0 bridgehead atoms. The molecule has 0 aliphatic rings. The van der Waals surface area contributed by atoms with E-state index in [1.807, 2.05) is 25.9 Å². The van der Waals surface area contributed by atoms with Crippen molar-refractivity contribution in [2.24, 2.45) is 0 Å². The minimum absolute atomic E-state index is 0.00617. The highest BCUT2D eigenvalue weighted by atomic mass is 79.9. The molecule has 1 atom stereocenters. The van der Waals surface area contributed by atoms with Crippen molar-refractivity contribution in [2.75, 3.05) is 26.0 Å². The highest BCUT2D eigenvalue weighted by molar-refractivity contribution is 9.11. The molecule has 0 saturated heterocycles. The third kappa shape index (κ3) is 5.64. The summed E-state index contributed by atoms with van der Waals surface area (Å²) in [7, 11) is 3.81. The van der Waals surface area contributed by atoms with Crippen molar-refractivity contribution in [3.63, 3.8) is 0 Å². The number of likely N-dealkylation sites (N-methyl/N-ethyl adjacent to an activating group) is 1. The maximum Gasteiger partial charge on any atom is 0.337 e. The van der Waals surface area contributed by atoms with Crippen LogP contribution in [0.2, 0.25) is 0 Å². The van der Waals surface area contributed by atoms with Gasteiger partial charge in [0.2, 0.25) is 0 Å². The number of hydrogen-bond donors (Lipinski definition) is 3. The van der Waals surface area contributed by atoms with Gasteiger partial charge in [-0.25, -0.2) is 9.59 Å². The fourth-order valence-electron chi connectivity index (χ4n) is 1.84. The standard InChI is InChI=1S/C13H17Br2N3O3/c1-7(6-18(2)3)16-13(21)17-11-9(12(19)20)4-8(14)5-10(11)15/h4-5,7H,6H2,1-3H3,(H,19,20)(H2,16,17,21). The van der Waals surface area contributed by atoms with Gasteiger partial charge in [-0.15, -0.1) is 0 Å². The van der Waals surface area contributed by atoms with Gasteiger partial charge in [0.25, 0.3) is 0 Å². The minimum Gasteiger partial charge on any atom is -0.478 e. The van der Waals surface area contributed by atoms with Gasteiger partial charge in [0, 0.05) is 21.5 Å². The van der Waals surface area contributed by atoms with E-state index in [0.717, 1.165) is 0 Å². The topological polar surface area (TPSA) is 81.7 Å². The smallest absolute Gasteiger partial charge is 0.337 e. The molecule has 0 aliphatic carbocycles. The first-order valence-corrected chi connectivity index (χ1v) is 7.74. The van der Waals surface area contributed by atoms with E-state index in [0.29, 0.717) is 15.5 Å². The molecule has 0 aliphatic heterocycles. The molecule has 1 aromatic rings. The Morgan fingerprint density at radius 2 is 1.95 bits per heavy atom. The van der Waals surface area contributed by atoms with Crippen molar-refractivity contribution < 1.29 is 14.7 Å². The van der Waals surface area contributed by atoms with E-state index < -0.39 is 12.0 Å². The molecule has 0 spiro atoms. The fourth-order valence-corrected chi connectivity index (χ4v) is 3.16. The van der Waals surface area contributed by atoms with Crippen LogP contribution in [0.1, 0.15) is 17.3 Å². The van der Waals surface area contributed by atoms with Crippen LogP contribution in [0, 0.1) is 0 Å².